The molecule has 17 heavy (non-hydrogen) atoms. The van der Waals surface area contributed by atoms with Crippen LogP contribution in [0.15, 0.2) is 0 Å². The Balaban J connectivity index is 0.00000121. The molecule has 1 atom stereocenters. The molecule has 1 saturated heterocycles. The van der Waals surface area contributed by atoms with Crippen molar-refractivity contribution in [2.75, 3.05) is 6.54 Å². The second-order valence-corrected chi connectivity index (χ2v) is 4.30. The van der Waals surface area contributed by atoms with Crippen molar-refractivity contribution >= 4 is 17.6 Å². The molecule has 0 N–H and O–H groups in total. The van der Waals surface area contributed by atoms with Crippen LogP contribution in [0.5, 0.6) is 0 Å². The quantitative estimate of drug-likeness (QED) is 0.559. The number of nitrogens with zero attached hydrogens (tertiary/aromatic N) is 1. The Bertz CT molecular complexity index is 297. The second kappa shape index (κ2) is 7.20. The van der Waals surface area contributed by atoms with Gasteiger partial charge in [-0.3, -0.25) is 19.3 Å². The van der Waals surface area contributed by atoms with Gasteiger partial charge in [0.1, 0.15) is 11.7 Å². The molecule has 0 radical (unpaired) electrons. The van der Waals surface area contributed by atoms with Gasteiger partial charge in [-0.15, -0.1) is 0 Å². The molecular weight excluding hydrogens is 218 g/mol. The Kier molecular flexibility index (Phi) is 6.69. The lowest BCUT2D eigenvalue weighted by Gasteiger charge is -2.11. The number of ketones is 1. The Morgan fingerprint density at radius 3 is 2.24 bits per heavy atom. The van der Waals surface area contributed by atoms with Crippen molar-refractivity contribution in [1.82, 2.24) is 4.90 Å². The smallest absolute Gasteiger partial charge is 0.240 e. The summed E-state index contributed by atoms with van der Waals surface area (Å²) >= 11 is 0. The highest BCUT2D eigenvalue weighted by molar-refractivity contribution is 6.14. The fourth-order valence-electron chi connectivity index (χ4n) is 1.81. The van der Waals surface area contributed by atoms with Gasteiger partial charge < -0.3 is 0 Å². The number of carbonyl (C=O) groups excluding carboxylic acids is 3. The standard InChI is InChI=1S/C11H17NO3.C2H6/c1-4-12-10(14)6-8(11(12)15)9(13)5-7(2)3;1-2/h7-8H,4-6H2,1-3H3;1-2H3. The van der Waals surface area contributed by atoms with Crippen molar-refractivity contribution < 1.29 is 14.4 Å². The fourth-order valence-corrected chi connectivity index (χ4v) is 1.81. The molecule has 0 aliphatic carbocycles. The molecule has 4 heteroatoms. The zero-order valence-corrected chi connectivity index (χ0v) is 11.4. The highest BCUT2D eigenvalue weighted by Gasteiger charge is 2.41. The molecule has 1 heterocycles. The van der Waals surface area contributed by atoms with Crippen LogP contribution >= 0.6 is 0 Å². The molecular formula is C13H23NO3. The SMILES string of the molecule is CC.CCN1C(=O)CC(C(=O)CC(C)C)C1=O. The number of likely N-dealkylation sites (tertiary alicyclic amines) is 1. The predicted octanol–water partition coefficient (Wildman–Crippen LogP) is 2.02. The van der Waals surface area contributed by atoms with Gasteiger partial charge in [-0.25, -0.2) is 0 Å². The largest absolute Gasteiger partial charge is 0.299 e. The number of rotatable bonds is 4. The van der Waals surface area contributed by atoms with Crippen LogP contribution in [-0.2, 0) is 14.4 Å². The molecule has 0 bridgehead atoms. The number of carbonyl (C=O) groups is 3. The van der Waals surface area contributed by atoms with E-state index in [0.29, 0.717) is 13.0 Å². The Morgan fingerprint density at radius 1 is 1.35 bits per heavy atom. The van der Waals surface area contributed by atoms with Crippen LogP contribution in [-0.4, -0.2) is 29.0 Å². The molecule has 0 spiro atoms. The van der Waals surface area contributed by atoms with Crippen LogP contribution in [0.4, 0.5) is 0 Å². The Labute approximate surface area is 103 Å². The number of hydrogen-bond donors (Lipinski definition) is 0. The zero-order valence-electron chi connectivity index (χ0n) is 11.4. The van der Waals surface area contributed by atoms with E-state index >= 15 is 0 Å². The van der Waals surface area contributed by atoms with E-state index in [4.69, 9.17) is 0 Å². The van der Waals surface area contributed by atoms with Gasteiger partial charge in [0, 0.05) is 19.4 Å². The highest BCUT2D eigenvalue weighted by atomic mass is 16.2. The van der Waals surface area contributed by atoms with Gasteiger partial charge >= 0.3 is 0 Å². The predicted molar refractivity (Wildman–Crippen MR) is 66.3 cm³/mol. The third-order valence-electron chi connectivity index (χ3n) is 2.56. The summed E-state index contributed by atoms with van der Waals surface area (Å²) in [5, 5.41) is 0. The van der Waals surface area contributed by atoms with Crippen LogP contribution in [0.25, 0.3) is 0 Å². The maximum atomic E-state index is 11.7. The zero-order chi connectivity index (χ0) is 13.6. The maximum absolute atomic E-state index is 11.7. The molecule has 0 aromatic heterocycles. The van der Waals surface area contributed by atoms with Gasteiger partial charge in [-0.1, -0.05) is 27.7 Å². The van der Waals surface area contributed by atoms with E-state index in [2.05, 4.69) is 0 Å². The summed E-state index contributed by atoms with van der Waals surface area (Å²) in [6.07, 6.45) is 0.444. The first kappa shape index (κ1) is 15.8. The number of imide groups is 1. The van der Waals surface area contributed by atoms with E-state index in [1.54, 1.807) is 6.92 Å². The van der Waals surface area contributed by atoms with Crippen LogP contribution in [0.1, 0.15) is 47.5 Å². The molecule has 1 fully saturated rings. The van der Waals surface area contributed by atoms with Crippen LogP contribution in [0, 0.1) is 11.8 Å². The topological polar surface area (TPSA) is 54.5 Å². The molecule has 0 aromatic rings. The summed E-state index contributed by atoms with van der Waals surface area (Å²) in [6.45, 7) is 9.96. The first-order valence-electron chi connectivity index (χ1n) is 6.34. The molecule has 1 unspecified atom stereocenters. The van der Waals surface area contributed by atoms with Crippen LogP contribution in [0.2, 0.25) is 0 Å². The average Bonchev–Trinajstić information content (AvgIpc) is 2.56. The van der Waals surface area contributed by atoms with E-state index in [1.165, 1.54) is 4.90 Å². The van der Waals surface area contributed by atoms with Crippen molar-refractivity contribution in [3.63, 3.8) is 0 Å². The van der Waals surface area contributed by atoms with Gasteiger partial charge in [0.25, 0.3) is 0 Å². The minimum atomic E-state index is -0.708. The van der Waals surface area contributed by atoms with Crippen LogP contribution < -0.4 is 0 Å². The normalized spacial score (nSPS) is 19.4. The second-order valence-electron chi connectivity index (χ2n) is 4.30. The number of Topliss-reactive ketones (excluding diaryl/α,β-unsaturated/α-hetero) is 1. The lowest BCUT2D eigenvalue weighted by molar-refractivity contribution is -0.140. The van der Waals surface area contributed by atoms with E-state index < -0.39 is 5.92 Å². The van der Waals surface area contributed by atoms with E-state index in [0.717, 1.165) is 0 Å². The first-order valence-corrected chi connectivity index (χ1v) is 6.34. The minimum Gasteiger partial charge on any atom is -0.299 e. The molecule has 0 saturated carbocycles. The molecule has 98 valence electrons. The lowest BCUT2D eigenvalue weighted by atomic mass is 9.95. The van der Waals surface area contributed by atoms with Crippen molar-refractivity contribution in [3.8, 4) is 0 Å². The molecule has 1 aliphatic heterocycles. The van der Waals surface area contributed by atoms with Gasteiger partial charge in [0.05, 0.1) is 0 Å². The average molecular weight is 241 g/mol. The minimum absolute atomic E-state index is 0.0677. The van der Waals surface area contributed by atoms with E-state index in [9.17, 15) is 14.4 Å². The van der Waals surface area contributed by atoms with E-state index in [1.807, 2.05) is 27.7 Å². The van der Waals surface area contributed by atoms with Crippen molar-refractivity contribution in [1.29, 1.82) is 0 Å². The van der Waals surface area contributed by atoms with Gasteiger partial charge in [-0.2, -0.15) is 0 Å². The molecule has 4 nitrogen and oxygen atoms in total. The van der Waals surface area contributed by atoms with E-state index in [-0.39, 0.29) is 29.9 Å². The lowest BCUT2D eigenvalue weighted by Crippen LogP contribution is -2.32. The van der Waals surface area contributed by atoms with Gasteiger partial charge in [0.2, 0.25) is 11.8 Å². The summed E-state index contributed by atoms with van der Waals surface area (Å²) in [6, 6.07) is 0. The van der Waals surface area contributed by atoms with Crippen molar-refractivity contribution in [3.05, 3.63) is 0 Å². The molecule has 2 amide bonds. The molecule has 0 aromatic carbocycles. The summed E-state index contributed by atoms with van der Waals surface area (Å²) in [5.41, 5.74) is 0. The van der Waals surface area contributed by atoms with Gasteiger partial charge in [-0.05, 0) is 12.8 Å². The van der Waals surface area contributed by atoms with Crippen molar-refractivity contribution in [2.24, 2.45) is 11.8 Å². The van der Waals surface area contributed by atoms with Crippen LogP contribution in [0.3, 0.4) is 0 Å². The molecule has 1 aliphatic rings. The number of amides is 2. The summed E-state index contributed by atoms with van der Waals surface area (Å²) in [7, 11) is 0. The van der Waals surface area contributed by atoms with Crippen molar-refractivity contribution in [2.45, 2.75) is 47.5 Å². The highest BCUT2D eigenvalue weighted by Crippen LogP contribution is 2.22. The third kappa shape index (κ3) is 3.95. The third-order valence-corrected chi connectivity index (χ3v) is 2.56. The maximum Gasteiger partial charge on any atom is 0.240 e. The Hall–Kier alpha value is -1.19. The summed E-state index contributed by atoms with van der Waals surface area (Å²) in [5.74, 6) is -1.10. The monoisotopic (exact) mass is 241 g/mol. The first-order chi connectivity index (χ1) is 7.97. The fraction of sp³-hybridized carbons (Fsp3) is 0.769. The summed E-state index contributed by atoms with van der Waals surface area (Å²) in [4.78, 5) is 35.9. The van der Waals surface area contributed by atoms with Gasteiger partial charge in [0.15, 0.2) is 0 Å². The molecule has 1 rings (SSSR count). The Morgan fingerprint density at radius 2 is 1.88 bits per heavy atom. The number of hydrogen-bond acceptors (Lipinski definition) is 3. The summed E-state index contributed by atoms with van der Waals surface area (Å²) < 4.78 is 0.